The number of amides is 1. The van der Waals surface area contributed by atoms with Crippen LogP contribution in [0.4, 0.5) is 10.1 Å². The average Bonchev–Trinajstić information content (AvgIpc) is 2.93. The second kappa shape index (κ2) is 7.67. The minimum absolute atomic E-state index is 0.119. The molecular weight excluding hydrogens is 377 g/mol. The Kier molecular flexibility index (Phi) is 4.71. The van der Waals surface area contributed by atoms with E-state index in [0.29, 0.717) is 18.8 Å². The Labute approximate surface area is 174 Å². The molecule has 3 aromatic carbocycles. The standard InChI is InChI=1S/C25H20FN3O/c26-19-13-11-18(12-14-19)24-21-22(17-7-3-1-4-8-17)27-15-16-28-23(21)25(30)29(24)20-9-5-2-6-10-20/h1-14,21,24H,15-16H2/t21?,24-/m0/s1. The lowest BCUT2D eigenvalue weighted by Crippen LogP contribution is -2.31. The highest BCUT2D eigenvalue weighted by molar-refractivity contribution is 6.51. The number of halogens is 1. The molecule has 4 nitrogen and oxygen atoms in total. The van der Waals surface area contributed by atoms with Crippen molar-refractivity contribution in [1.29, 1.82) is 0 Å². The minimum atomic E-state index is -0.351. The van der Waals surface area contributed by atoms with Crippen molar-refractivity contribution >= 4 is 23.0 Å². The van der Waals surface area contributed by atoms with Crippen LogP contribution in [0.1, 0.15) is 17.2 Å². The molecule has 3 aromatic rings. The van der Waals surface area contributed by atoms with Gasteiger partial charge in [0.2, 0.25) is 0 Å². The number of carbonyl (C=O) groups excluding carboxylic acids is 1. The molecule has 0 aliphatic carbocycles. The van der Waals surface area contributed by atoms with E-state index in [1.165, 1.54) is 12.1 Å². The zero-order chi connectivity index (χ0) is 20.5. The molecule has 148 valence electrons. The molecule has 1 amide bonds. The summed E-state index contributed by atoms with van der Waals surface area (Å²) >= 11 is 0. The van der Waals surface area contributed by atoms with Crippen LogP contribution in [0.2, 0.25) is 0 Å². The third kappa shape index (κ3) is 3.12. The van der Waals surface area contributed by atoms with E-state index in [0.717, 1.165) is 22.5 Å². The molecule has 1 fully saturated rings. The summed E-state index contributed by atoms with van der Waals surface area (Å²) in [5.74, 6) is -0.750. The van der Waals surface area contributed by atoms with Gasteiger partial charge < -0.3 is 0 Å². The minimum Gasteiger partial charge on any atom is -0.299 e. The molecule has 0 bridgehead atoms. The quantitative estimate of drug-likeness (QED) is 0.643. The number of anilines is 1. The largest absolute Gasteiger partial charge is 0.299 e. The van der Waals surface area contributed by atoms with Crippen molar-refractivity contribution in [2.24, 2.45) is 15.9 Å². The summed E-state index contributed by atoms with van der Waals surface area (Å²) < 4.78 is 13.7. The Balaban J connectivity index is 1.72. The maximum Gasteiger partial charge on any atom is 0.273 e. The number of nitrogens with zero attached hydrogens (tertiary/aromatic N) is 3. The molecule has 2 heterocycles. The van der Waals surface area contributed by atoms with Crippen molar-refractivity contribution in [2.45, 2.75) is 6.04 Å². The molecule has 2 aliphatic rings. The second-order valence-corrected chi connectivity index (χ2v) is 7.38. The lowest BCUT2D eigenvalue weighted by Gasteiger charge is -2.29. The number of aliphatic imine (C=N–C) groups is 2. The smallest absolute Gasteiger partial charge is 0.273 e. The van der Waals surface area contributed by atoms with Crippen LogP contribution in [-0.2, 0) is 4.79 Å². The Morgan fingerprint density at radius 1 is 0.767 bits per heavy atom. The van der Waals surface area contributed by atoms with E-state index >= 15 is 0 Å². The topological polar surface area (TPSA) is 45.0 Å². The third-order valence-corrected chi connectivity index (χ3v) is 5.60. The van der Waals surface area contributed by atoms with Crippen LogP contribution in [0.5, 0.6) is 0 Å². The lowest BCUT2D eigenvalue weighted by molar-refractivity contribution is -0.112. The van der Waals surface area contributed by atoms with E-state index in [9.17, 15) is 9.18 Å². The summed E-state index contributed by atoms with van der Waals surface area (Å²) in [4.78, 5) is 24.9. The molecule has 5 heteroatoms. The van der Waals surface area contributed by atoms with Gasteiger partial charge in [0.25, 0.3) is 5.91 Å². The van der Waals surface area contributed by atoms with E-state index < -0.39 is 0 Å². The number of rotatable bonds is 3. The van der Waals surface area contributed by atoms with Gasteiger partial charge in [0, 0.05) is 5.69 Å². The highest BCUT2D eigenvalue weighted by atomic mass is 19.1. The van der Waals surface area contributed by atoms with Crippen molar-refractivity contribution in [1.82, 2.24) is 0 Å². The SMILES string of the molecule is O=C1C2=NCCN=C(c3ccccc3)C2[C@H](c2ccc(F)cc2)N1c1ccccc1. The Morgan fingerprint density at radius 2 is 1.37 bits per heavy atom. The maximum absolute atomic E-state index is 13.7. The van der Waals surface area contributed by atoms with Gasteiger partial charge in [0.05, 0.1) is 30.8 Å². The van der Waals surface area contributed by atoms with Crippen LogP contribution >= 0.6 is 0 Å². The van der Waals surface area contributed by atoms with E-state index in [1.807, 2.05) is 60.7 Å². The highest BCUT2D eigenvalue weighted by Crippen LogP contribution is 2.42. The third-order valence-electron chi connectivity index (χ3n) is 5.60. The summed E-state index contributed by atoms with van der Waals surface area (Å²) in [6, 6.07) is 25.5. The molecule has 0 N–H and O–H groups in total. The zero-order valence-corrected chi connectivity index (χ0v) is 16.3. The lowest BCUT2D eigenvalue weighted by atomic mass is 9.85. The van der Waals surface area contributed by atoms with Gasteiger partial charge in [-0.1, -0.05) is 60.7 Å². The molecule has 1 saturated heterocycles. The van der Waals surface area contributed by atoms with Gasteiger partial charge in [0.1, 0.15) is 11.5 Å². The van der Waals surface area contributed by atoms with Crippen LogP contribution in [0.25, 0.3) is 0 Å². The first-order chi connectivity index (χ1) is 14.7. The Morgan fingerprint density at radius 3 is 2.03 bits per heavy atom. The molecular formula is C25H20FN3O. The maximum atomic E-state index is 13.7. The van der Waals surface area contributed by atoms with Crippen LogP contribution in [0.15, 0.2) is 94.9 Å². The number of fused-ring (bicyclic) bond motifs is 1. The first-order valence-electron chi connectivity index (χ1n) is 10.0. The van der Waals surface area contributed by atoms with Crippen molar-refractivity contribution in [3.05, 3.63) is 102 Å². The summed E-state index contributed by atoms with van der Waals surface area (Å²) in [5.41, 5.74) is 4.00. The predicted molar refractivity (Wildman–Crippen MR) is 117 cm³/mol. The fourth-order valence-electron chi connectivity index (χ4n) is 4.31. The molecule has 2 atom stereocenters. The molecule has 0 saturated carbocycles. The molecule has 5 rings (SSSR count). The van der Waals surface area contributed by atoms with Crippen LogP contribution in [-0.4, -0.2) is 30.4 Å². The van der Waals surface area contributed by atoms with Crippen LogP contribution < -0.4 is 4.90 Å². The number of benzene rings is 3. The predicted octanol–water partition coefficient (Wildman–Crippen LogP) is 4.47. The van der Waals surface area contributed by atoms with Crippen LogP contribution in [0, 0.1) is 11.7 Å². The van der Waals surface area contributed by atoms with Gasteiger partial charge in [-0.15, -0.1) is 0 Å². The summed E-state index contributed by atoms with van der Waals surface area (Å²) in [7, 11) is 0. The normalized spacial score (nSPS) is 21.0. The molecule has 2 aliphatic heterocycles. The second-order valence-electron chi connectivity index (χ2n) is 7.38. The summed E-state index contributed by atoms with van der Waals surface area (Å²) in [5, 5.41) is 0. The molecule has 1 unspecified atom stereocenters. The Bertz CT molecular complexity index is 1120. The van der Waals surface area contributed by atoms with Crippen LogP contribution in [0.3, 0.4) is 0 Å². The monoisotopic (exact) mass is 397 g/mol. The zero-order valence-electron chi connectivity index (χ0n) is 16.3. The first kappa shape index (κ1) is 18.4. The van der Waals surface area contributed by atoms with E-state index in [1.54, 1.807) is 17.0 Å². The van der Waals surface area contributed by atoms with Gasteiger partial charge in [-0.05, 0) is 35.4 Å². The fourth-order valence-corrected chi connectivity index (χ4v) is 4.31. The first-order valence-corrected chi connectivity index (χ1v) is 10.0. The van der Waals surface area contributed by atoms with Gasteiger partial charge >= 0.3 is 0 Å². The van der Waals surface area contributed by atoms with Crippen molar-refractivity contribution in [3.8, 4) is 0 Å². The van der Waals surface area contributed by atoms with Gasteiger partial charge in [-0.3, -0.25) is 19.7 Å². The van der Waals surface area contributed by atoms with E-state index in [2.05, 4.69) is 4.99 Å². The number of hydrogen-bond acceptors (Lipinski definition) is 3. The number of hydrogen-bond donors (Lipinski definition) is 0. The highest BCUT2D eigenvalue weighted by Gasteiger charge is 2.49. The Hall–Kier alpha value is -3.60. The molecule has 0 aromatic heterocycles. The molecule has 30 heavy (non-hydrogen) atoms. The summed E-state index contributed by atoms with van der Waals surface area (Å²) in [6.45, 7) is 1.02. The van der Waals surface area contributed by atoms with Gasteiger partial charge in [-0.25, -0.2) is 4.39 Å². The molecule has 0 radical (unpaired) electrons. The van der Waals surface area contributed by atoms with E-state index in [-0.39, 0.29) is 23.7 Å². The number of carbonyl (C=O) groups is 1. The van der Waals surface area contributed by atoms with Crippen molar-refractivity contribution < 1.29 is 9.18 Å². The fraction of sp³-hybridized carbons (Fsp3) is 0.160. The van der Waals surface area contributed by atoms with E-state index in [4.69, 9.17) is 4.99 Å². The number of para-hydroxylation sites is 1. The van der Waals surface area contributed by atoms with Gasteiger partial charge in [0.15, 0.2) is 0 Å². The molecule has 0 spiro atoms. The summed E-state index contributed by atoms with van der Waals surface area (Å²) in [6.07, 6.45) is 0. The van der Waals surface area contributed by atoms with Crippen molar-refractivity contribution in [3.63, 3.8) is 0 Å². The van der Waals surface area contributed by atoms with Crippen molar-refractivity contribution in [2.75, 3.05) is 18.0 Å². The van der Waals surface area contributed by atoms with Gasteiger partial charge in [-0.2, -0.15) is 0 Å². The average molecular weight is 397 g/mol.